The molecule has 0 saturated heterocycles. The largest absolute Gasteiger partial charge is 0.481 e. The number of hydrogen-bond donors (Lipinski definition) is 4. The summed E-state index contributed by atoms with van der Waals surface area (Å²) in [4.78, 5) is 21.9. The summed E-state index contributed by atoms with van der Waals surface area (Å²) in [5.74, 6) is -0.881. The van der Waals surface area contributed by atoms with Crippen molar-refractivity contribution in [1.29, 1.82) is 0 Å². The van der Waals surface area contributed by atoms with Gasteiger partial charge in [0.2, 0.25) is 0 Å². The summed E-state index contributed by atoms with van der Waals surface area (Å²) in [6.45, 7) is 0.772. The summed E-state index contributed by atoms with van der Waals surface area (Å²) >= 11 is 0. The Balaban J connectivity index is 2.38. The number of rotatable bonds is 5. The second kappa shape index (κ2) is 4.97. The number of nitrogens with two attached hydrogens (primary N) is 1. The summed E-state index contributed by atoms with van der Waals surface area (Å²) < 4.78 is 0. The third-order valence-corrected chi connectivity index (χ3v) is 2.61. The van der Waals surface area contributed by atoms with E-state index in [9.17, 15) is 9.59 Å². The van der Waals surface area contributed by atoms with Crippen molar-refractivity contribution in [2.75, 3.05) is 13.1 Å². The van der Waals surface area contributed by atoms with Crippen molar-refractivity contribution in [1.82, 2.24) is 10.6 Å². The first-order valence-electron chi connectivity index (χ1n) is 5.06. The van der Waals surface area contributed by atoms with Crippen LogP contribution in [0.4, 0.5) is 4.79 Å². The van der Waals surface area contributed by atoms with E-state index in [1.54, 1.807) is 0 Å². The van der Waals surface area contributed by atoms with Crippen molar-refractivity contribution in [2.45, 2.75) is 31.2 Å². The molecule has 0 spiro atoms. The second-order valence-corrected chi connectivity index (χ2v) is 3.87. The van der Waals surface area contributed by atoms with Crippen molar-refractivity contribution >= 4 is 12.0 Å². The molecule has 6 heteroatoms. The second-order valence-electron chi connectivity index (χ2n) is 3.87. The van der Waals surface area contributed by atoms with Gasteiger partial charge in [0.15, 0.2) is 0 Å². The fraction of sp³-hybridized carbons (Fsp3) is 0.778. The van der Waals surface area contributed by atoms with E-state index in [2.05, 4.69) is 10.6 Å². The number of aliphatic carboxylic acids is 1. The molecular weight excluding hydrogens is 198 g/mol. The molecule has 0 aromatic carbocycles. The normalized spacial score (nSPS) is 17.7. The van der Waals surface area contributed by atoms with Crippen molar-refractivity contribution < 1.29 is 14.7 Å². The summed E-state index contributed by atoms with van der Waals surface area (Å²) in [5, 5.41) is 14.0. The van der Waals surface area contributed by atoms with Crippen molar-refractivity contribution in [3.63, 3.8) is 0 Å². The van der Waals surface area contributed by atoms with Crippen molar-refractivity contribution in [3.8, 4) is 0 Å². The number of carbonyl (C=O) groups is 2. The van der Waals surface area contributed by atoms with Gasteiger partial charge in [0.05, 0.1) is 12.0 Å². The fourth-order valence-corrected chi connectivity index (χ4v) is 1.71. The molecule has 0 aliphatic heterocycles. The number of amides is 2. The van der Waals surface area contributed by atoms with Gasteiger partial charge in [-0.1, -0.05) is 0 Å². The van der Waals surface area contributed by atoms with Crippen LogP contribution < -0.4 is 16.4 Å². The highest BCUT2D eigenvalue weighted by Gasteiger charge is 2.40. The van der Waals surface area contributed by atoms with Crippen molar-refractivity contribution in [3.05, 3.63) is 0 Å². The third kappa shape index (κ3) is 3.39. The van der Waals surface area contributed by atoms with Gasteiger partial charge in [-0.25, -0.2) is 4.79 Å². The molecule has 0 atom stereocenters. The zero-order chi connectivity index (χ0) is 11.3. The van der Waals surface area contributed by atoms with Gasteiger partial charge in [-0.15, -0.1) is 0 Å². The smallest absolute Gasteiger partial charge is 0.315 e. The number of carboxylic acids is 1. The minimum absolute atomic E-state index is 0.0109. The molecule has 5 N–H and O–H groups in total. The van der Waals surface area contributed by atoms with Crippen LogP contribution in [0.3, 0.4) is 0 Å². The molecule has 1 rings (SSSR count). The highest BCUT2D eigenvalue weighted by atomic mass is 16.4. The Bertz CT molecular complexity index is 251. The van der Waals surface area contributed by atoms with E-state index in [1.165, 1.54) is 0 Å². The number of carbonyl (C=O) groups excluding carboxylic acids is 1. The Kier molecular flexibility index (Phi) is 3.90. The Labute approximate surface area is 88.2 Å². The fourth-order valence-electron chi connectivity index (χ4n) is 1.71. The first-order chi connectivity index (χ1) is 7.08. The lowest BCUT2D eigenvalue weighted by Crippen LogP contribution is -2.57. The molecule has 1 aliphatic carbocycles. The molecule has 1 saturated carbocycles. The van der Waals surface area contributed by atoms with E-state index < -0.39 is 11.5 Å². The predicted molar refractivity (Wildman–Crippen MR) is 54.4 cm³/mol. The van der Waals surface area contributed by atoms with Gasteiger partial charge in [0.25, 0.3) is 0 Å². The van der Waals surface area contributed by atoms with Gasteiger partial charge in [-0.3, -0.25) is 4.79 Å². The molecular formula is C9H17N3O3. The lowest BCUT2D eigenvalue weighted by molar-refractivity contribution is -0.139. The third-order valence-electron chi connectivity index (χ3n) is 2.61. The zero-order valence-corrected chi connectivity index (χ0v) is 8.58. The van der Waals surface area contributed by atoms with Gasteiger partial charge in [-0.05, 0) is 19.3 Å². The molecule has 0 aromatic heterocycles. The number of hydrogen-bond acceptors (Lipinski definition) is 3. The molecule has 2 amide bonds. The number of carboxylic acid groups (broad SMARTS) is 1. The molecule has 6 nitrogen and oxygen atoms in total. The van der Waals surface area contributed by atoms with Crippen LogP contribution in [0.25, 0.3) is 0 Å². The standard InChI is InChI=1S/C9H17N3O3/c10-4-5-11-8(15)12-9(2-1-3-9)6-7(13)14/h1-6,10H2,(H,13,14)(H2,11,12,15). The average molecular weight is 215 g/mol. The van der Waals surface area contributed by atoms with Crippen LogP contribution in [0.1, 0.15) is 25.7 Å². The van der Waals surface area contributed by atoms with E-state index >= 15 is 0 Å². The maximum Gasteiger partial charge on any atom is 0.315 e. The van der Waals surface area contributed by atoms with Crippen LogP contribution in [0.2, 0.25) is 0 Å². The van der Waals surface area contributed by atoms with Crippen molar-refractivity contribution in [2.24, 2.45) is 5.73 Å². The summed E-state index contributed by atoms with van der Waals surface area (Å²) in [6.07, 6.45) is 2.41. The highest BCUT2D eigenvalue weighted by Crippen LogP contribution is 2.34. The monoisotopic (exact) mass is 215 g/mol. The van der Waals surface area contributed by atoms with E-state index in [1.807, 2.05) is 0 Å². The topological polar surface area (TPSA) is 104 Å². The molecule has 0 aromatic rings. The molecule has 15 heavy (non-hydrogen) atoms. The van der Waals surface area contributed by atoms with Crippen LogP contribution in [0.15, 0.2) is 0 Å². The maximum atomic E-state index is 11.3. The first-order valence-corrected chi connectivity index (χ1v) is 5.06. The van der Waals surface area contributed by atoms with Crippen LogP contribution in [-0.2, 0) is 4.79 Å². The summed E-state index contributed by atoms with van der Waals surface area (Å²) in [5.41, 5.74) is 4.69. The first kappa shape index (κ1) is 11.8. The lowest BCUT2D eigenvalue weighted by atomic mass is 9.74. The predicted octanol–water partition coefficient (Wildman–Crippen LogP) is -0.358. The highest BCUT2D eigenvalue weighted by molar-refractivity contribution is 5.77. The molecule has 1 aliphatic rings. The van der Waals surface area contributed by atoms with Gasteiger partial charge >= 0.3 is 12.0 Å². The molecule has 0 radical (unpaired) electrons. The minimum atomic E-state index is -0.881. The molecule has 0 unspecified atom stereocenters. The Hall–Kier alpha value is -1.30. The molecule has 86 valence electrons. The van der Waals surface area contributed by atoms with E-state index in [4.69, 9.17) is 10.8 Å². The number of urea groups is 1. The Morgan fingerprint density at radius 1 is 1.40 bits per heavy atom. The maximum absolute atomic E-state index is 11.3. The van der Waals surface area contributed by atoms with Crippen LogP contribution >= 0.6 is 0 Å². The quantitative estimate of drug-likeness (QED) is 0.502. The van der Waals surface area contributed by atoms with E-state index in [0.717, 1.165) is 19.3 Å². The summed E-state index contributed by atoms with van der Waals surface area (Å²) in [7, 11) is 0. The van der Waals surface area contributed by atoms with Crippen LogP contribution in [0, 0.1) is 0 Å². The van der Waals surface area contributed by atoms with Crippen LogP contribution in [-0.4, -0.2) is 35.7 Å². The summed E-state index contributed by atoms with van der Waals surface area (Å²) in [6, 6.07) is -0.332. The Morgan fingerprint density at radius 2 is 2.07 bits per heavy atom. The number of nitrogens with one attached hydrogen (secondary N) is 2. The minimum Gasteiger partial charge on any atom is -0.481 e. The SMILES string of the molecule is NCCNC(=O)NC1(CC(=O)O)CCC1. The van der Waals surface area contributed by atoms with Gasteiger partial charge in [0.1, 0.15) is 0 Å². The van der Waals surface area contributed by atoms with Crippen LogP contribution in [0.5, 0.6) is 0 Å². The molecule has 0 bridgehead atoms. The zero-order valence-electron chi connectivity index (χ0n) is 8.58. The lowest BCUT2D eigenvalue weighted by Gasteiger charge is -2.41. The van der Waals surface area contributed by atoms with E-state index in [-0.39, 0.29) is 12.5 Å². The molecule has 1 fully saturated rings. The van der Waals surface area contributed by atoms with Gasteiger partial charge in [0, 0.05) is 13.1 Å². The Morgan fingerprint density at radius 3 is 2.47 bits per heavy atom. The van der Waals surface area contributed by atoms with E-state index in [0.29, 0.717) is 13.1 Å². The average Bonchev–Trinajstić information content (AvgIpc) is 2.10. The van der Waals surface area contributed by atoms with Gasteiger partial charge < -0.3 is 21.5 Å². The molecule has 0 heterocycles. The van der Waals surface area contributed by atoms with Gasteiger partial charge in [-0.2, -0.15) is 0 Å².